The normalized spacial score (nSPS) is 28.8. The van der Waals surface area contributed by atoms with Crippen LogP contribution in [0, 0.1) is 11.8 Å². The van der Waals surface area contributed by atoms with Gasteiger partial charge < -0.3 is 10.1 Å². The van der Waals surface area contributed by atoms with Gasteiger partial charge in [-0.15, -0.1) is 0 Å². The Morgan fingerprint density at radius 3 is 3.00 bits per heavy atom. The van der Waals surface area contributed by atoms with Crippen molar-refractivity contribution in [2.24, 2.45) is 11.8 Å². The first kappa shape index (κ1) is 9.45. The number of alkyl halides is 1. The van der Waals surface area contributed by atoms with Gasteiger partial charge >= 0.3 is 5.97 Å². The fourth-order valence-electron chi connectivity index (χ4n) is 1.42. The van der Waals surface area contributed by atoms with E-state index in [-0.39, 0.29) is 17.8 Å². The van der Waals surface area contributed by atoms with E-state index in [1.54, 1.807) is 6.92 Å². The van der Waals surface area contributed by atoms with Crippen LogP contribution in [0.3, 0.4) is 0 Å². The van der Waals surface area contributed by atoms with Crippen molar-refractivity contribution < 1.29 is 13.9 Å². The summed E-state index contributed by atoms with van der Waals surface area (Å²) in [6, 6.07) is 0. The topological polar surface area (TPSA) is 38.3 Å². The number of hydrogen-bond acceptors (Lipinski definition) is 3. The average molecular weight is 175 g/mol. The number of hydrogen-bond donors (Lipinski definition) is 1. The van der Waals surface area contributed by atoms with Gasteiger partial charge in [-0.25, -0.2) is 0 Å². The minimum atomic E-state index is -0.448. The van der Waals surface area contributed by atoms with E-state index in [0.717, 1.165) is 0 Å². The molecular formula is C8H14FNO2. The molecule has 1 aliphatic heterocycles. The summed E-state index contributed by atoms with van der Waals surface area (Å²) < 4.78 is 17.1. The molecule has 0 aromatic heterocycles. The van der Waals surface area contributed by atoms with Crippen LogP contribution in [0.15, 0.2) is 0 Å². The zero-order chi connectivity index (χ0) is 8.97. The van der Waals surface area contributed by atoms with Crippen LogP contribution in [0.2, 0.25) is 0 Å². The molecule has 4 heteroatoms. The maximum Gasteiger partial charge on any atom is 0.310 e. The van der Waals surface area contributed by atoms with E-state index in [4.69, 9.17) is 4.74 Å². The number of carbonyl (C=O) groups is 1. The largest absolute Gasteiger partial charge is 0.466 e. The van der Waals surface area contributed by atoms with Crippen molar-refractivity contribution in [3.63, 3.8) is 0 Å². The summed E-state index contributed by atoms with van der Waals surface area (Å²) in [5.74, 6) is -0.746. The van der Waals surface area contributed by atoms with Crippen LogP contribution in [0.25, 0.3) is 0 Å². The van der Waals surface area contributed by atoms with E-state index >= 15 is 0 Å². The van der Waals surface area contributed by atoms with E-state index in [2.05, 4.69) is 5.32 Å². The van der Waals surface area contributed by atoms with Gasteiger partial charge in [-0.2, -0.15) is 0 Å². The number of carbonyl (C=O) groups excluding carboxylic acids is 1. The quantitative estimate of drug-likeness (QED) is 0.629. The fraction of sp³-hybridized carbons (Fsp3) is 0.875. The van der Waals surface area contributed by atoms with E-state index in [0.29, 0.717) is 19.7 Å². The SMILES string of the molecule is CCOC(=O)C1CNCC1CF. The third kappa shape index (κ3) is 1.94. The molecule has 1 saturated heterocycles. The molecule has 1 fully saturated rings. The van der Waals surface area contributed by atoms with Crippen molar-refractivity contribution in [2.75, 3.05) is 26.4 Å². The third-order valence-electron chi connectivity index (χ3n) is 2.13. The molecular weight excluding hydrogens is 161 g/mol. The van der Waals surface area contributed by atoms with Crippen LogP contribution in [-0.4, -0.2) is 32.3 Å². The standard InChI is InChI=1S/C8H14FNO2/c1-2-12-8(11)7-5-10-4-6(7)3-9/h6-7,10H,2-5H2,1H3. The predicted octanol–water partition coefficient (Wildman–Crippen LogP) is 0.355. The monoisotopic (exact) mass is 175 g/mol. The molecule has 3 nitrogen and oxygen atoms in total. The Labute approximate surface area is 71.3 Å². The summed E-state index contributed by atoms with van der Waals surface area (Å²) in [7, 11) is 0. The molecule has 0 amide bonds. The van der Waals surface area contributed by atoms with E-state index in [9.17, 15) is 9.18 Å². The van der Waals surface area contributed by atoms with Gasteiger partial charge in [-0.05, 0) is 6.92 Å². The summed E-state index contributed by atoms with van der Waals surface area (Å²) in [5.41, 5.74) is 0. The Hall–Kier alpha value is -0.640. The molecule has 1 heterocycles. The van der Waals surface area contributed by atoms with Gasteiger partial charge in [-0.3, -0.25) is 9.18 Å². The second-order valence-corrected chi connectivity index (χ2v) is 2.93. The highest BCUT2D eigenvalue weighted by Crippen LogP contribution is 2.18. The molecule has 0 aromatic carbocycles. The van der Waals surface area contributed by atoms with Gasteiger partial charge in [0.1, 0.15) is 0 Å². The number of halogens is 1. The molecule has 0 saturated carbocycles. The van der Waals surface area contributed by atoms with Gasteiger partial charge in [0.15, 0.2) is 0 Å². The first-order valence-corrected chi connectivity index (χ1v) is 4.23. The van der Waals surface area contributed by atoms with Gasteiger partial charge in [0.05, 0.1) is 19.2 Å². The Kier molecular flexibility index (Phi) is 3.47. The van der Waals surface area contributed by atoms with Crippen molar-refractivity contribution in [2.45, 2.75) is 6.92 Å². The van der Waals surface area contributed by atoms with Crippen LogP contribution in [0.1, 0.15) is 6.92 Å². The number of nitrogens with one attached hydrogen (secondary N) is 1. The molecule has 1 rings (SSSR count). The summed E-state index contributed by atoms with van der Waals surface area (Å²) in [4.78, 5) is 11.2. The Bertz CT molecular complexity index is 163. The zero-order valence-electron chi connectivity index (χ0n) is 7.18. The van der Waals surface area contributed by atoms with Crippen LogP contribution < -0.4 is 5.32 Å². The zero-order valence-corrected chi connectivity index (χ0v) is 7.18. The lowest BCUT2D eigenvalue weighted by molar-refractivity contribution is -0.148. The van der Waals surface area contributed by atoms with Gasteiger partial charge in [0, 0.05) is 19.0 Å². The number of ether oxygens (including phenoxy) is 1. The molecule has 12 heavy (non-hydrogen) atoms. The lowest BCUT2D eigenvalue weighted by atomic mass is 9.98. The van der Waals surface area contributed by atoms with E-state index in [1.807, 2.05) is 0 Å². The first-order chi connectivity index (χ1) is 5.79. The summed E-state index contributed by atoms with van der Waals surface area (Å²) >= 11 is 0. The molecule has 1 aliphatic rings. The average Bonchev–Trinajstić information content (AvgIpc) is 2.51. The second kappa shape index (κ2) is 4.40. The van der Waals surface area contributed by atoms with Gasteiger partial charge in [0.25, 0.3) is 0 Å². The Morgan fingerprint density at radius 2 is 2.42 bits per heavy atom. The van der Waals surface area contributed by atoms with Crippen LogP contribution in [-0.2, 0) is 9.53 Å². The molecule has 70 valence electrons. The molecule has 2 unspecified atom stereocenters. The van der Waals surface area contributed by atoms with Gasteiger partial charge in [0.2, 0.25) is 0 Å². The highest BCUT2D eigenvalue weighted by Gasteiger charge is 2.33. The number of rotatable bonds is 3. The second-order valence-electron chi connectivity index (χ2n) is 2.93. The van der Waals surface area contributed by atoms with Crippen molar-refractivity contribution in [3.05, 3.63) is 0 Å². The first-order valence-electron chi connectivity index (χ1n) is 4.23. The van der Waals surface area contributed by atoms with Crippen molar-refractivity contribution in [1.82, 2.24) is 5.32 Å². The number of esters is 1. The maximum absolute atomic E-state index is 12.3. The molecule has 0 bridgehead atoms. The van der Waals surface area contributed by atoms with Crippen LogP contribution >= 0.6 is 0 Å². The van der Waals surface area contributed by atoms with Crippen molar-refractivity contribution in [1.29, 1.82) is 0 Å². The van der Waals surface area contributed by atoms with Crippen LogP contribution in [0.4, 0.5) is 4.39 Å². The molecule has 0 aliphatic carbocycles. The Morgan fingerprint density at radius 1 is 1.67 bits per heavy atom. The molecule has 0 aromatic rings. The summed E-state index contributed by atoms with van der Waals surface area (Å²) in [6.07, 6.45) is 0. The van der Waals surface area contributed by atoms with E-state index in [1.165, 1.54) is 0 Å². The fourth-order valence-corrected chi connectivity index (χ4v) is 1.42. The molecule has 0 spiro atoms. The summed E-state index contributed by atoms with van der Waals surface area (Å²) in [6.45, 7) is 2.81. The minimum absolute atomic E-state index is 0.191. The Balaban J connectivity index is 2.43. The highest BCUT2D eigenvalue weighted by atomic mass is 19.1. The van der Waals surface area contributed by atoms with Gasteiger partial charge in [-0.1, -0.05) is 0 Å². The van der Waals surface area contributed by atoms with E-state index < -0.39 is 6.67 Å². The lowest BCUT2D eigenvalue weighted by Gasteiger charge is -2.12. The molecule has 1 N–H and O–H groups in total. The minimum Gasteiger partial charge on any atom is -0.466 e. The van der Waals surface area contributed by atoms with Crippen molar-refractivity contribution in [3.8, 4) is 0 Å². The smallest absolute Gasteiger partial charge is 0.310 e. The highest BCUT2D eigenvalue weighted by molar-refractivity contribution is 5.73. The third-order valence-corrected chi connectivity index (χ3v) is 2.13. The summed E-state index contributed by atoms with van der Waals surface area (Å²) in [5, 5.41) is 2.97. The molecule has 2 atom stereocenters. The predicted molar refractivity (Wildman–Crippen MR) is 42.5 cm³/mol. The van der Waals surface area contributed by atoms with Crippen LogP contribution in [0.5, 0.6) is 0 Å². The maximum atomic E-state index is 12.3. The van der Waals surface area contributed by atoms with Crippen molar-refractivity contribution >= 4 is 5.97 Å². The molecule has 0 radical (unpaired) electrons. The lowest BCUT2D eigenvalue weighted by Crippen LogP contribution is -2.26.